The molecule has 0 aliphatic carbocycles. The number of benzene rings is 1. The molecule has 0 fully saturated rings. The van der Waals surface area contributed by atoms with E-state index >= 15 is 0 Å². The van der Waals surface area contributed by atoms with Gasteiger partial charge < -0.3 is 10.6 Å². The molecule has 0 aliphatic heterocycles. The normalized spacial score (nSPS) is 13.7. The van der Waals surface area contributed by atoms with E-state index in [-0.39, 0.29) is 30.2 Å². The summed E-state index contributed by atoms with van der Waals surface area (Å²) in [5.74, 6) is -5.88. The molecule has 0 spiro atoms. The van der Waals surface area contributed by atoms with E-state index in [1.165, 1.54) is 7.05 Å². The standard InChI is InChI=1S/C14H19F4N3O2S/c1-8(4-5-24(3,22)23)21-14(19-2)20-7-9-12(17)10(15)6-11(16)13(9)18/h6,8H,4-5,7H2,1-3H3,(H2,19,20,21). The Kier molecular flexibility index (Phi) is 7.00. The summed E-state index contributed by atoms with van der Waals surface area (Å²) in [6.45, 7) is 1.16. The molecule has 136 valence electrons. The highest BCUT2D eigenvalue weighted by molar-refractivity contribution is 7.90. The molecule has 10 heteroatoms. The molecule has 1 atom stereocenters. The fourth-order valence-electron chi connectivity index (χ4n) is 1.84. The second-order valence-corrected chi connectivity index (χ2v) is 7.60. The van der Waals surface area contributed by atoms with Crippen molar-refractivity contribution >= 4 is 15.8 Å². The van der Waals surface area contributed by atoms with Crippen molar-refractivity contribution in [3.63, 3.8) is 0 Å². The van der Waals surface area contributed by atoms with E-state index in [2.05, 4.69) is 15.6 Å². The van der Waals surface area contributed by atoms with Gasteiger partial charge in [0, 0.05) is 37.5 Å². The highest BCUT2D eigenvalue weighted by Crippen LogP contribution is 2.18. The number of aliphatic imine (C=N–C) groups is 1. The highest BCUT2D eigenvalue weighted by atomic mass is 32.2. The van der Waals surface area contributed by atoms with Gasteiger partial charge in [-0.3, -0.25) is 4.99 Å². The highest BCUT2D eigenvalue weighted by Gasteiger charge is 2.19. The lowest BCUT2D eigenvalue weighted by Crippen LogP contribution is -2.42. The van der Waals surface area contributed by atoms with Crippen LogP contribution in [0.1, 0.15) is 18.9 Å². The number of rotatable bonds is 6. The number of hydrogen-bond acceptors (Lipinski definition) is 3. The Hall–Kier alpha value is -1.84. The van der Waals surface area contributed by atoms with Gasteiger partial charge >= 0.3 is 0 Å². The van der Waals surface area contributed by atoms with E-state index in [1.54, 1.807) is 6.92 Å². The van der Waals surface area contributed by atoms with Crippen LogP contribution in [0.3, 0.4) is 0 Å². The third-order valence-electron chi connectivity index (χ3n) is 3.16. The Morgan fingerprint density at radius 1 is 1.21 bits per heavy atom. The lowest BCUT2D eigenvalue weighted by Gasteiger charge is -2.18. The maximum atomic E-state index is 13.6. The summed E-state index contributed by atoms with van der Waals surface area (Å²) in [5.41, 5.74) is -0.792. The zero-order valence-corrected chi connectivity index (χ0v) is 14.3. The molecule has 0 bridgehead atoms. The molecule has 24 heavy (non-hydrogen) atoms. The first-order valence-corrected chi connectivity index (χ1v) is 9.08. The van der Waals surface area contributed by atoms with Gasteiger partial charge in [-0.25, -0.2) is 26.0 Å². The molecule has 0 saturated heterocycles. The van der Waals surface area contributed by atoms with Gasteiger partial charge in [-0.05, 0) is 13.3 Å². The second kappa shape index (κ2) is 8.32. The molecule has 2 N–H and O–H groups in total. The third kappa shape index (κ3) is 5.99. The lowest BCUT2D eigenvalue weighted by molar-refractivity contribution is 0.436. The first-order chi connectivity index (χ1) is 11.0. The summed E-state index contributed by atoms with van der Waals surface area (Å²) >= 11 is 0. The molecule has 1 unspecified atom stereocenters. The zero-order chi connectivity index (χ0) is 18.5. The van der Waals surface area contributed by atoms with Gasteiger partial charge in [0.15, 0.2) is 29.2 Å². The Bertz CT molecular complexity index is 697. The Labute approximate surface area is 138 Å². The SMILES string of the molecule is CN=C(NCc1c(F)c(F)cc(F)c1F)NC(C)CCS(C)(=O)=O. The molecule has 0 aliphatic rings. The van der Waals surface area contributed by atoms with Crippen LogP contribution in [0.2, 0.25) is 0 Å². The molecule has 0 saturated carbocycles. The fraction of sp³-hybridized carbons (Fsp3) is 0.500. The number of guanidine groups is 1. The molecule has 0 amide bonds. The van der Waals surface area contributed by atoms with E-state index in [0.29, 0.717) is 0 Å². The molecule has 1 aromatic rings. The van der Waals surface area contributed by atoms with Crippen molar-refractivity contribution in [1.82, 2.24) is 10.6 Å². The smallest absolute Gasteiger partial charge is 0.191 e. The number of hydrogen-bond donors (Lipinski definition) is 2. The van der Waals surface area contributed by atoms with E-state index < -0.39 is 45.2 Å². The van der Waals surface area contributed by atoms with Crippen molar-refractivity contribution in [3.05, 3.63) is 34.9 Å². The average Bonchev–Trinajstić information content (AvgIpc) is 2.49. The van der Waals surface area contributed by atoms with Crippen molar-refractivity contribution in [2.24, 2.45) is 4.99 Å². The van der Waals surface area contributed by atoms with Crippen LogP contribution >= 0.6 is 0 Å². The van der Waals surface area contributed by atoms with Crippen molar-refractivity contribution < 1.29 is 26.0 Å². The zero-order valence-electron chi connectivity index (χ0n) is 13.5. The van der Waals surface area contributed by atoms with Gasteiger partial charge in [0.25, 0.3) is 0 Å². The van der Waals surface area contributed by atoms with Crippen molar-refractivity contribution in [3.8, 4) is 0 Å². The molecule has 1 aromatic carbocycles. The molecule has 0 aromatic heterocycles. The molecular weight excluding hydrogens is 350 g/mol. The predicted octanol–water partition coefficient (Wildman–Crippen LogP) is 1.73. The van der Waals surface area contributed by atoms with Crippen LogP contribution < -0.4 is 10.6 Å². The topological polar surface area (TPSA) is 70.6 Å². The summed E-state index contributed by atoms with van der Waals surface area (Å²) < 4.78 is 75.6. The Morgan fingerprint density at radius 3 is 2.21 bits per heavy atom. The van der Waals surface area contributed by atoms with E-state index in [1.807, 2.05) is 0 Å². The van der Waals surface area contributed by atoms with Gasteiger partial charge in [-0.1, -0.05) is 0 Å². The minimum absolute atomic E-state index is 0.0451. The van der Waals surface area contributed by atoms with Crippen LogP contribution in [0.25, 0.3) is 0 Å². The van der Waals surface area contributed by atoms with Gasteiger partial charge in [0.2, 0.25) is 0 Å². The number of nitrogens with one attached hydrogen (secondary N) is 2. The second-order valence-electron chi connectivity index (χ2n) is 5.34. The monoisotopic (exact) mass is 369 g/mol. The minimum atomic E-state index is -3.12. The van der Waals surface area contributed by atoms with Crippen LogP contribution in [0.5, 0.6) is 0 Å². The summed E-state index contributed by atoms with van der Waals surface area (Å²) in [4.78, 5) is 3.80. The number of halogens is 4. The van der Waals surface area contributed by atoms with Crippen LogP contribution in [-0.4, -0.2) is 39.5 Å². The third-order valence-corrected chi connectivity index (χ3v) is 4.14. The fourth-order valence-corrected chi connectivity index (χ4v) is 2.62. The van der Waals surface area contributed by atoms with Crippen molar-refractivity contribution in [1.29, 1.82) is 0 Å². The summed E-state index contributed by atoms with van der Waals surface area (Å²) in [6.07, 6.45) is 1.40. The van der Waals surface area contributed by atoms with Crippen LogP contribution in [0, 0.1) is 23.3 Å². The summed E-state index contributed by atoms with van der Waals surface area (Å²) in [5, 5.41) is 5.35. The molecule has 0 radical (unpaired) electrons. The quantitative estimate of drug-likeness (QED) is 0.347. The first-order valence-electron chi connectivity index (χ1n) is 7.02. The predicted molar refractivity (Wildman–Crippen MR) is 83.4 cm³/mol. The van der Waals surface area contributed by atoms with E-state index in [0.717, 1.165) is 6.26 Å². The average molecular weight is 369 g/mol. The molecular formula is C14H19F4N3O2S. The van der Waals surface area contributed by atoms with Crippen molar-refractivity contribution in [2.75, 3.05) is 19.1 Å². The van der Waals surface area contributed by atoms with E-state index in [9.17, 15) is 26.0 Å². The number of sulfone groups is 1. The molecule has 5 nitrogen and oxygen atoms in total. The minimum Gasteiger partial charge on any atom is -0.354 e. The van der Waals surface area contributed by atoms with Gasteiger partial charge in [0.05, 0.1) is 5.75 Å². The maximum Gasteiger partial charge on any atom is 0.191 e. The van der Waals surface area contributed by atoms with Crippen LogP contribution in [0.4, 0.5) is 17.6 Å². The molecule has 0 heterocycles. The van der Waals surface area contributed by atoms with Crippen LogP contribution in [0.15, 0.2) is 11.1 Å². The molecule has 1 rings (SSSR count). The first kappa shape index (κ1) is 20.2. The van der Waals surface area contributed by atoms with Crippen LogP contribution in [-0.2, 0) is 16.4 Å². The van der Waals surface area contributed by atoms with Crippen molar-refractivity contribution in [2.45, 2.75) is 25.9 Å². The Morgan fingerprint density at radius 2 is 1.75 bits per heavy atom. The number of nitrogens with zero attached hydrogens (tertiary/aromatic N) is 1. The summed E-state index contributed by atoms with van der Waals surface area (Å²) in [7, 11) is -1.73. The Balaban J connectivity index is 2.72. The largest absolute Gasteiger partial charge is 0.354 e. The lowest BCUT2D eigenvalue weighted by atomic mass is 10.2. The maximum absolute atomic E-state index is 13.6. The van der Waals surface area contributed by atoms with Gasteiger partial charge in [-0.15, -0.1) is 0 Å². The van der Waals surface area contributed by atoms with Gasteiger partial charge in [0.1, 0.15) is 9.84 Å². The summed E-state index contributed by atoms with van der Waals surface area (Å²) in [6, 6.07) is -0.168. The van der Waals surface area contributed by atoms with E-state index in [4.69, 9.17) is 0 Å². The van der Waals surface area contributed by atoms with Gasteiger partial charge in [-0.2, -0.15) is 0 Å².